The van der Waals surface area contributed by atoms with Crippen molar-refractivity contribution in [1.29, 1.82) is 0 Å². The first-order valence-electron chi connectivity index (χ1n) is 11.6. The van der Waals surface area contributed by atoms with Gasteiger partial charge in [0.2, 0.25) is 5.91 Å². The van der Waals surface area contributed by atoms with Gasteiger partial charge in [-0.3, -0.25) is 20.4 Å². The quantitative estimate of drug-likeness (QED) is 0.659. The number of amides is 1. The van der Waals surface area contributed by atoms with Crippen LogP contribution < -0.4 is 16.2 Å². The van der Waals surface area contributed by atoms with E-state index in [1.807, 2.05) is 0 Å². The molecule has 3 heterocycles. The lowest BCUT2D eigenvalue weighted by molar-refractivity contribution is -0.136. The molecule has 0 aromatic carbocycles. The maximum Gasteiger partial charge on any atom is 0.222 e. The van der Waals surface area contributed by atoms with Gasteiger partial charge >= 0.3 is 0 Å². The SMILES string of the molecule is CC(C)N1NCC2CCC(C3NC(C4CCN(CC5CC5)C(=O)C4)NO3)CC21. The zero-order chi connectivity index (χ0) is 19.3. The summed E-state index contributed by atoms with van der Waals surface area (Å²) in [5.74, 6) is 2.76. The lowest BCUT2D eigenvalue weighted by atomic mass is 9.78. The van der Waals surface area contributed by atoms with Gasteiger partial charge in [0.15, 0.2) is 0 Å². The number of rotatable bonds is 5. The van der Waals surface area contributed by atoms with Crippen LogP contribution in [0.2, 0.25) is 0 Å². The number of carbonyl (C=O) groups is 1. The number of hydrogen-bond donors (Lipinski definition) is 3. The number of hydrogen-bond acceptors (Lipinski definition) is 6. The van der Waals surface area contributed by atoms with E-state index in [-0.39, 0.29) is 12.4 Å². The molecule has 3 N–H and O–H groups in total. The van der Waals surface area contributed by atoms with E-state index < -0.39 is 0 Å². The summed E-state index contributed by atoms with van der Waals surface area (Å²) in [6.45, 7) is 7.56. The van der Waals surface area contributed by atoms with Gasteiger partial charge in [0.25, 0.3) is 0 Å². The van der Waals surface area contributed by atoms with E-state index in [9.17, 15) is 4.79 Å². The van der Waals surface area contributed by atoms with Gasteiger partial charge in [-0.25, -0.2) is 5.01 Å². The number of likely N-dealkylation sites (tertiary alicyclic amines) is 1. The van der Waals surface area contributed by atoms with Gasteiger partial charge < -0.3 is 4.90 Å². The minimum Gasteiger partial charge on any atom is -0.342 e. The number of hydrazine groups is 1. The van der Waals surface area contributed by atoms with E-state index in [0.717, 1.165) is 37.9 Å². The minimum atomic E-state index is 0.0696. The summed E-state index contributed by atoms with van der Waals surface area (Å²) in [4.78, 5) is 20.7. The molecule has 3 aliphatic heterocycles. The van der Waals surface area contributed by atoms with Gasteiger partial charge in [0.1, 0.15) is 6.23 Å². The Bertz CT molecular complexity index is 583. The third-order valence-corrected chi connectivity index (χ3v) is 7.75. The van der Waals surface area contributed by atoms with Crippen LogP contribution in [0.1, 0.15) is 58.8 Å². The normalized spacial score (nSPS) is 42.4. The maximum absolute atomic E-state index is 12.5. The average molecular weight is 392 g/mol. The number of nitrogens with zero attached hydrogens (tertiary/aromatic N) is 2. The van der Waals surface area contributed by atoms with Crippen molar-refractivity contribution in [3.05, 3.63) is 0 Å². The molecule has 0 aromatic heterocycles. The van der Waals surface area contributed by atoms with Crippen LogP contribution in [0.15, 0.2) is 0 Å². The first-order valence-corrected chi connectivity index (χ1v) is 11.6. The Balaban J connectivity index is 1.14. The highest BCUT2D eigenvalue weighted by molar-refractivity contribution is 5.77. The largest absolute Gasteiger partial charge is 0.342 e. The summed E-state index contributed by atoms with van der Waals surface area (Å²) >= 11 is 0. The van der Waals surface area contributed by atoms with Crippen LogP contribution in [0, 0.1) is 23.7 Å². The molecular weight excluding hydrogens is 354 g/mol. The number of nitrogens with one attached hydrogen (secondary N) is 3. The highest BCUT2D eigenvalue weighted by Gasteiger charge is 2.45. The van der Waals surface area contributed by atoms with E-state index >= 15 is 0 Å². The number of carbonyl (C=O) groups excluding carboxylic acids is 1. The molecule has 5 aliphatic rings. The van der Waals surface area contributed by atoms with E-state index in [1.54, 1.807) is 0 Å². The lowest BCUT2D eigenvalue weighted by Crippen LogP contribution is -2.50. The molecule has 0 aromatic rings. The fraction of sp³-hybridized carbons (Fsp3) is 0.952. The molecule has 28 heavy (non-hydrogen) atoms. The van der Waals surface area contributed by atoms with Gasteiger partial charge in [-0.2, -0.15) is 5.48 Å². The predicted molar refractivity (Wildman–Crippen MR) is 107 cm³/mol. The molecule has 5 rings (SSSR count). The molecule has 0 spiro atoms. The van der Waals surface area contributed by atoms with E-state index in [1.165, 1.54) is 32.1 Å². The first kappa shape index (κ1) is 19.2. The standard InChI is InChI=1S/C21H37N5O2/c1-13(2)26-18-9-16(5-6-17(18)11-22-26)21-23-20(24-28-21)15-7-8-25(19(27)10-15)12-14-3-4-14/h13-18,20-24H,3-12H2,1-2H3. The summed E-state index contributed by atoms with van der Waals surface area (Å²) in [5.41, 5.74) is 6.86. The van der Waals surface area contributed by atoms with Gasteiger partial charge in [0, 0.05) is 44.1 Å². The van der Waals surface area contributed by atoms with Crippen molar-refractivity contribution in [2.75, 3.05) is 19.6 Å². The fourth-order valence-electron chi connectivity index (χ4n) is 5.85. The summed E-state index contributed by atoms with van der Waals surface area (Å²) < 4.78 is 0. The van der Waals surface area contributed by atoms with Crippen LogP contribution in [-0.4, -0.2) is 59.9 Å². The second kappa shape index (κ2) is 7.84. The topological polar surface area (TPSA) is 68.9 Å². The van der Waals surface area contributed by atoms with Crippen molar-refractivity contribution in [2.24, 2.45) is 23.7 Å². The van der Waals surface area contributed by atoms with Crippen LogP contribution in [-0.2, 0) is 9.63 Å². The van der Waals surface area contributed by atoms with Crippen LogP contribution in [0.25, 0.3) is 0 Å². The molecule has 0 radical (unpaired) electrons. The molecule has 6 unspecified atom stereocenters. The van der Waals surface area contributed by atoms with Crippen molar-refractivity contribution in [2.45, 2.75) is 83.3 Å². The van der Waals surface area contributed by atoms with Gasteiger partial charge in [-0.1, -0.05) is 0 Å². The van der Waals surface area contributed by atoms with E-state index in [4.69, 9.17) is 4.84 Å². The molecule has 158 valence electrons. The van der Waals surface area contributed by atoms with E-state index in [2.05, 4.69) is 40.0 Å². The van der Waals surface area contributed by atoms with Gasteiger partial charge in [-0.15, -0.1) is 0 Å². The number of piperidine rings is 1. The first-order chi connectivity index (χ1) is 13.6. The lowest BCUT2D eigenvalue weighted by Gasteiger charge is -2.38. The monoisotopic (exact) mass is 391 g/mol. The summed E-state index contributed by atoms with van der Waals surface area (Å²) in [5, 5.41) is 6.16. The third-order valence-electron chi connectivity index (χ3n) is 7.75. The molecule has 3 saturated heterocycles. The summed E-state index contributed by atoms with van der Waals surface area (Å²) in [6.07, 6.45) is 8.18. The molecule has 0 bridgehead atoms. The Hall–Kier alpha value is -0.730. The molecular formula is C21H37N5O2. The van der Waals surface area contributed by atoms with Crippen LogP contribution >= 0.6 is 0 Å². The van der Waals surface area contributed by atoms with Crippen LogP contribution in [0.5, 0.6) is 0 Å². The summed E-state index contributed by atoms with van der Waals surface area (Å²) in [7, 11) is 0. The maximum atomic E-state index is 12.5. The molecule has 6 atom stereocenters. The Labute approximate surface area is 168 Å². The Morgan fingerprint density at radius 3 is 2.68 bits per heavy atom. The predicted octanol–water partition coefficient (Wildman–Crippen LogP) is 1.43. The summed E-state index contributed by atoms with van der Waals surface area (Å²) in [6, 6.07) is 1.15. The highest BCUT2D eigenvalue weighted by Crippen LogP contribution is 2.38. The van der Waals surface area contributed by atoms with Gasteiger partial charge in [0.05, 0.1) is 6.17 Å². The molecule has 7 nitrogen and oxygen atoms in total. The molecule has 2 saturated carbocycles. The average Bonchev–Trinajstić information content (AvgIpc) is 3.19. The molecule has 1 amide bonds. The van der Waals surface area contributed by atoms with Crippen LogP contribution in [0.4, 0.5) is 0 Å². The Kier molecular flexibility index (Phi) is 5.39. The molecule has 2 aliphatic carbocycles. The smallest absolute Gasteiger partial charge is 0.222 e. The molecule has 5 fully saturated rings. The Morgan fingerprint density at radius 1 is 1.11 bits per heavy atom. The molecule has 7 heteroatoms. The van der Waals surface area contributed by atoms with Crippen molar-refractivity contribution in [1.82, 2.24) is 26.1 Å². The highest BCUT2D eigenvalue weighted by atomic mass is 16.7. The second-order valence-electron chi connectivity index (χ2n) is 10.1. The Morgan fingerprint density at radius 2 is 1.93 bits per heavy atom. The van der Waals surface area contributed by atoms with Crippen molar-refractivity contribution in [3.63, 3.8) is 0 Å². The van der Waals surface area contributed by atoms with E-state index in [0.29, 0.717) is 36.2 Å². The minimum absolute atomic E-state index is 0.0696. The van der Waals surface area contributed by atoms with Crippen molar-refractivity contribution in [3.8, 4) is 0 Å². The fourth-order valence-corrected chi connectivity index (χ4v) is 5.85. The van der Waals surface area contributed by atoms with Crippen LogP contribution in [0.3, 0.4) is 0 Å². The second-order valence-corrected chi connectivity index (χ2v) is 10.1. The third kappa shape index (κ3) is 3.84. The zero-order valence-electron chi connectivity index (χ0n) is 17.4. The number of fused-ring (bicyclic) bond motifs is 1. The van der Waals surface area contributed by atoms with Gasteiger partial charge in [-0.05, 0) is 70.1 Å². The van der Waals surface area contributed by atoms with Crippen molar-refractivity contribution < 1.29 is 9.63 Å². The number of hydroxylamine groups is 1. The van der Waals surface area contributed by atoms with Crippen molar-refractivity contribution >= 4 is 5.91 Å². The zero-order valence-corrected chi connectivity index (χ0v) is 17.4.